The Balaban J connectivity index is 2.47. The number of hydrogen-bond donors (Lipinski definition) is 1. The summed E-state index contributed by atoms with van der Waals surface area (Å²) in [7, 11) is 1.18. The van der Waals surface area contributed by atoms with Gasteiger partial charge in [-0.2, -0.15) is 0 Å². The number of pyridine rings is 1. The molecule has 7 heteroatoms. The molecule has 3 rings (SSSR count). The van der Waals surface area contributed by atoms with Crippen LogP contribution in [0.1, 0.15) is 40.0 Å². The first kappa shape index (κ1) is 17.6. The first-order chi connectivity index (χ1) is 12.2. The van der Waals surface area contributed by atoms with Crippen LogP contribution < -0.4 is 5.43 Å². The number of rotatable bonds is 3. The normalized spacial score (nSPS) is 12.3. The molecule has 26 heavy (non-hydrogen) atoms. The van der Waals surface area contributed by atoms with Crippen LogP contribution >= 0.6 is 0 Å². The Bertz CT molecular complexity index is 1130. The molecular weight excluding hydrogens is 338 g/mol. The second kappa shape index (κ2) is 6.25. The van der Waals surface area contributed by atoms with Gasteiger partial charge in [0.2, 0.25) is 11.1 Å². The Kier molecular flexibility index (Phi) is 4.23. The molecule has 1 aromatic carbocycles. The molecule has 2 heterocycles. The third-order valence-corrected chi connectivity index (χ3v) is 4.31. The van der Waals surface area contributed by atoms with Crippen LogP contribution in [0.3, 0.4) is 0 Å². The van der Waals surface area contributed by atoms with Crippen LogP contribution in [0, 0.1) is 13.8 Å². The number of fused-ring (bicyclic) bond motifs is 2. The molecule has 0 aliphatic rings. The number of carbonyl (C=O) groups is 2. The van der Waals surface area contributed by atoms with Crippen molar-refractivity contribution < 1.29 is 23.8 Å². The van der Waals surface area contributed by atoms with Crippen LogP contribution in [0.5, 0.6) is 0 Å². The van der Waals surface area contributed by atoms with Crippen molar-refractivity contribution >= 4 is 34.0 Å². The van der Waals surface area contributed by atoms with Crippen LogP contribution in [0.25, 0.3) is 22.1 Å². The molecule has 1 N–H and O–H groups in total. The standard InChI is InChI=1S/C19H17NO6/c1-8-5-9(2)16-12(6-8)15(21)13-7-11(19(24)25-4)14(10(3)18(22)23)20-17(13)26-16/h5-7,10H,1-4H3,(H,22,23). The Morgan fingerprint density at radius 3 is 2.50 bits per heavy atom. The Hall–Kier alpha value is -3.22. The van der Waals surface area contributed by atoms with Gasteiger partial charge in [-0.1, -0.05) is 6.07 Å². The van der Waals surface area contributed by atoms with Gasteiger partial charge in [-0.05, 0) is 44.0 Å². The van der Waals surface area contributed by atoms with Crippen LogP contribution in [0.2, 0.25) is 0 Å². The van der Waals surface area contributed by atoms with Crippen molar-refractivity contribution in [3.05, 3.63) is 50.8 Å². The van der Waals surface area contributed by atoms with E-state index in [1.165, 1.54) is 20.1 Å². The van der Waals surface area contributed by atoms with Gasteiger partial charge in [0, 0.05) is 0 Å². The number of carbonyl (C=O) groups excluding carboxylic acids is 1. The van der Waals surface area contributed by atoms with E-state index in [0.29, 0.717) is 11.0 Å². The maximum atomic E-state index is 12.9. The highest BCUT2D eigenvalue weighted by atomic mass is 16.5. The van der Waals surface area contributed by atoms with Gasteiger partial charge in [0.15, 0.2) is 0 Å². The Morgan fingerprint density at radius 2 is 1.88 bits per heavy atom. The maximum absolute atomic E-state index is 12.9. The number of nitrogens with zero attached hydrogens (tertiary/aromatic N) is 1. The van der Waals surface area contributed by atoms with Gasteiger partial charge >= 0.3 is 11.9 Å². The summed E-state index contributed by atoms with van der Waals surface area (Å²) in [6.07, 6.45) is 0. The molecule has 0 spiro atoms. The fraction of sp³-hybridized carbons (Fsp3) is 0.263. The van der Waals surface area contributed by atoms with Gasteiger partial charge in [-0.15, -0.1) is 0 Å². The number of aryl methyl sites for hydroxylation is 2. The number of ether oxygens (including phenoxy) is 1. The minimum absolute atomic E-state index is 0.00907. The molecule has 1 atom stereocenters. The van der Waals surface area contributed by atoms with E-state index in [4.69, 9.17) is 9.15 Å². The highest BCUT2D eigenvalue weighted by Crippen LogP contribution is 2.26. The van der Waals surface area contributed by atoms with E-state index in [2.05, 4.69) is 4.98 Å². The topological polar surface area (TPSA) is 107 Å². The minimum Gasteiger partial charge on any atom is -0.481 e. The van der Waals surface area contributed by atoms with Gasteiger partial charge in [-0.25, -0.2) is 9.78 Å². The summed E-state index contributed by atoms with van der Waals surface area (Å²) in [4.78, 5) is 40.6. The number of hydrogen-bond acceptors (Lipinski definition) is 6. The van der Waals surface area contributed by atoms with Crippen LogP contribution in [0.15, 0.2) is 27.4 Å². The zero-order chi connectivity index (χ0) is 19.2. The summed E-state index contributed by atoms with van der Waals surface area (Å²) < 4.78 is 10.5. The number of carboxylic acids is 1. The first-order valence-electron chi connectivity index (χ1n) is 7.94. The summed E-state index contributed by atoms with van der Waals surface area (Å²) in [5.41, 5.74) is 1.64. The van der Waals surface area contributed by atoms with Crippen LogP contribution in [0.4, 0.5) is 0 Å². The summed E-state index contributed by atoms with van der Waals surface area (Å²) in [6.45, 7) is 5.08. The van der Waals surface area contributed by atoms with Crippen molar-refractivity contribution in [3.63, 3.8) is 0 Å². The Morgan fingerprint density at radius 1 is 1.19 bits per heavy atom. The van der Waals surface area contributed by atoms with E-state index in [1.54, 1.807) is 6.07 Å². The largest absolute Gasteiger partial charge is 0.481 e. The average Bonchev–Trinajstić information content (AvgIpc) is 2.60. The number of aliphatic carboxylic acids is 1. The molecule has 0 amide bonds. The van der Waals surface area contributed by atoms with Gasteiger partial charge in [-0.3, -0.25) is 9.59 Å². The second-order valence-electron chi connectivity index (χ2n) is 6.22. The number of esters is 1. The molecular formula is C19H17NO6. The molecule has 1 unspecified atom stereocenters. The summed E-state index contributed by atoms with van der Waals surface area (Å²) >= 11 is 0. The number of aromatic nitrogens is 1. The van der Waals surface area contributed by atoms with Crippen molar-refractivity contribution in [2.24, 2.45) is 0 Å². The summed E-state index contributed by atoms with van der Waals surface area (Å²) in [5.74, 6) is -2.99. The average molecular weight is 355 g/mol. The fourth-order valence-electron chi connectivity index (χ4n) is 2.97. The monoisotopic (exact) mass is 355 g/mol. The van der Waals surface area contributed by atoms with E-state index in [-0.39, 0.29) is 27.8 Å². The van der Waals surface area contributed by atoms with Gasteiger partial charge < -0.3 is 14.3 Å². The van der Waals surface area contributed by atoms with Crippen LogP contribution in [-0.2, 0) is 9.53 Å². The van der Waals surface area contributed by atoms with Crippen molar-refractivity contribution in [3.8, 4) is 0 Å². The minimum atomic E-state index is -1.16. The van der Waals surface area contributed by atoms with Gasteiger partial charge in [0.25, 0.3) is 0 Å². The molecule has 0 fully saturated rings. The molecule has 0 aliphatic heterocycles. The zero-order valence-electron chi connectivity index (χ0n) is 14.7. The van der Waals surface area contributed by atoms with E-state index >= 15 is 0 Å². The molecule has 0 saturated heterocycles. The van der Waals surface area contributed by atoms with E-state index in [1.807, 2.05) is 19.9 Å². The molecule has 3 aromatic rings. The summed E-state index contributed by atoms with van der Waals surface area (Å²) in [6, 6.07) is 4.88. The molecule has 134 valence electrons. The lowest BCUT2D eigenvalue weighted by Crippen LogP contribution is -2.17. The number of benzene rings is 1. The molecule has 2 aromatic heterocycles. The zero-order valence-corrected chi connectivity index (χ0v) is 14.7. The SMILES string of the molecule is COC(=O)c1cc2c(=O)c3cc(C)cc(C)c3oc2nc1C(C)C(=O)O. The van der Waals surface area contributed by atoms with Crippen molar-refractivity contribution in [2.75, 3.05) is 7.11 Å². The van der Waals surface area contributed by atoms with Gasteiger partial charge in [0.1, 0.15) is 5.58 Å². The maximum Gasteiger partial charge on any atom is 0.339 e. The first-order valence-corrected chi connectivity index (χ1v) is 7.94. The summed E-state index contributed by atoms with van der Waals surface area (Å²) in [5, 5.41) is 9.79. The third kappa shape index (κ3) is 2.71. The predicted octanol–water partition coefficient (Wildman–Crippen LogP) is 2.93. The lowest BCUT2D eigenvalue weighted by atomic mass is 10.00. The lowest BCUT2D eigenvalue weighted by molar-refractivity contribution is -0.138. The van der Waals surface area contributed by atoms with Crippen molar-refractivity contribution in [2.45, 2.75) is 26.7 Å². The van der Waals surface area contributed by atoms with E-state index in [0.717, 1.165) is 11.1 Å². The van der Waals surface area contributed by atoms with E-state index in [9.17, 15) is 19.5 Å². The lowest BCUT2D eigenvalue weighted by Gasteiger charge is -2.12. The van der Waals surface area contributed by atoms with E-state index < -0.39 is 17.9 Å². The molecule has 0 radical (unpaired) electrons. The highest BCUT2D eigenvalue weighted by molar-refractivity contribution is 5.98. The van der Waals surface area contributed by atoms with Crippen LogP contribution in [-0.4, -0.2) is 29.1 Å². The molecule has 7 nitrogen and oxygen atoms in total. The highest BCUT2D eigenvalue weighted by Gasteiger charge is 2.26. The van der Waals surface area contributed by atoms with Crippen molar-refractivity contribution in [1.82, 2.24) is 4.98 Å². The molecule has 0 aliphatic carbocycles. The molecule has 0 saturated carbocycles. The Labute approximate surface area is 148 Å². The van der Waals surface area contributed by atoms with Gasteiger partial charge in [0.05, 0.1) is 35.1 Å². The third-order valence-electron chi connectivity index (χ3n) is 4.31. The molecule has 0 bridgehead atoms. The van der Waals surface area contributed by atoms with Crippen molar-refractivity contribution in [1.29, 1.82) is 0 Å². The number of carboxylic acid groups (broad SMARTS) is 1. The quantitative estimate of drug-likeness (QED) is 0.568. The fourth-order valence-corrected chi connectivity index (χ4v) is 2.97. The second-order valence-corrected chi connectivity index (χ2v) is 6.22. The predicted molar refractivity (Wildman–Crippen MR) is 94.6 cm³/mol. The smallest absolute Gasteiger partial charge is 0.339 e. The number of methoxy groups -OCH3 is 1.